The minimum absolute atomic E-state index is 0.371. The number of benzene rings is 1. The summed E-state index contributed by atoms with van der Waals surface area (Å²) in [4.78, 5) is 22.5. The zero-order chi connectivity index (χ0) is 13.7. The number of hydrogen-bond donors (Lipinski definition) is 2. The molecule has 0 bridgehead atoms. The maximum Gasteiger partial charge on any atom is 0.432 e. The summed E-state index contributed by atoms with van der Waals surface area (Å²) in [6, 6.07) is 6.55. The molecule has 3 N–H and O–H groups in total. The smallest absolute Gasteiger partial charge is 0.432 e. The summed E-state index contributed by atoms with van der Waals surface area (Å²) in [5.74, 6) is 5.66. The van der Waals surface area contributed by atoms with E-state index < -0.39 is 12.1 Å². The first-order valence-electron chi connectivity index (χ1n) is 5.49. The van der Waals surface area contributed by atoms with Gasteiger partial charge in [0.25, 0.3) is 0 Å². The number of hydrazine groups is 1. The molecule has 0 radical (unpaired) electrons. The lowest BCUT2D eigenvalue weighted by Crippen LogP contribution is -2.45. The third-order valence-electron chi connectivity index (χ3n) is 2.42. The molecule has 18 heavy (non-hydrogen) atoms. The molecule has 0 aromatic heterocycles. The Kier molecular flexibility index (Phi) is 4.67. The molecular weight excluding hydrogens is 234 g/mol. The van der Waals surface area contributed by atoms with Crippen LogP contribution in [0.4, 0.5) is 15.3 Å². The number of carbonyl (C=O) groups excluding carboxylic acids is 2. The summed E-state index contributed by atoms with van der Waals surface area (Å²) < 4.78 is 4.32. The third kappa shape index (κ3) is 3.46. The van der Waals surface area contributed by atoms with Gasteiger partial charge < -0.3 is 10.1 Å². The molecular formula is C12H17N3O3. The normalized spacial score (nSPS) is 10.1. The third-order valence-corrected chi connectivity index (χ3v) is 2.42. The second-order valence-electron chi connectivity index (χ2n) is 4.05. The summed E-state index contributed by atoms with van der Waals surface area (Å²) in [5, 5.41) is 2.86. The largest absolute Gasteiger partial charge is 0.451 e. The van der Waals surface area contributed by atoms with Crippen LogP contribution in [0, 0.1) is 0 Å². The predicted octanol–water partition coefficient (Wildman–Crippen LogP) is 2.28. The lowest BCUT2D eigenvalue weighted by atomic mass is 10.0. The van der Waals surface area contributed by atoms with Crippen LogP contribution in [0.25, 0.3) is 0 Å². The molecule has 6 heteroatoms. The molecule has 0 atom stereocenters. The minimum atomic E-state index is -0.925. The molecule has 0 aliphatic heterocycles. The van der Waals surface area contributed by atoms with Gasteiger partial charge in [-0.15, -0.1) is 0 Å². The van der Waals surface area contributed by atoms with Crippen molar-refractivity contribution in [3.8, 4) is 0 Å². The lowest BCUT2D eigenvalue weighted by molar-refractivity contribution is 0.133. The van der Waals surface area contributed by atoms with Gasteiger partial charge in [-0.05, 0) is 23.6 Å². The van der Waals surface area contributed by atoms with Gasteiger partial charge in [0.15, 0.2) is 0 Å². The van der Waals surface area contributed by atoms with Crippen LogP contribution in [-0.4, -0.2) is 24.2 Å². The number of imide groups is 1. The summed E-state index contributed by atoms with van der Waals surface area (Å²) >= 11 is 0. The Labute approximate surface area is 106 Å². The van der Waals surface area contributed by atoms with Crippen molar-refractivity contribution in [3.63, 3.8) is 0 Å². The second kappa shape index (κ2) is 6.02. The molecule has 0 heterocycles. The summed E-state index contributed by atoms with van der Waals surface area (Å²) in [7, 11) is 1.15. The van der Waals surface area contributed by atoms with Crippen molar-refractivity contribution in [3.05, 3.63) is 29.8 Å². The van der Waals surface area contributed by atoms with Crippen molar-refractivity contribution in [1.29, 1.82) is 0 Å². The Morgan fingerprint density at radius 3 is 2.28 bits per heavy atom. The number of anilines is 1. The Bertz CT molecular complexity index is 429. The van der Waals surface area contributed by atoms with Gasteiger partial charge in [0.05, 0.1) is 7.11 Å². The van der Waals surface area contributed by atoms with Crippen molar-refractivity contribution in [2.45, 2.75) is 19.8 Å². The predicted molar refractivity (Wildman–Crippen MR) is 68.0 cm³/mol. The molecule has 1 aromatic carbocycles. The molecule has 0 aliphatic carbocycles. The Balaban J connectivity index is 2.67. The number of amides is 3. The highest BCUT2D eigenvalue weighted by Crippen LogP contribution is 2.17. The first kappa shape index (κ1) is 14.0. The molecule has 0 fully saturated rings. The Morgan fingerprint density at radius 1 is 1.28 bits per heavy atom. The monoisotopic (exact) mass is 251 g/mol. The highest BCUT2D eigenvalue weighted by Gasteiger charge is 2.17. The number of urea groups is 1. The molecule has 3 amide bonds. The maximum absolute atomic E-state index is 11.5. The molecule has 0 aliphatic rings. The van der Waals surface area contributed by atoms with Crippen LogP contribution in [0.5, 0.6) is 0 Å². The molecule has 1 aromatic rings. The van der Waals surface area contributed by atoms with Gasteiger partial charge in [-0.1, -0.05) is 26.0 Å². The summed E-state index contributed by atoms with van der Waals surface area (Å²) in [6.07, 6.45) is -0.925. The summed E-state index contributed by atoms with van der Waals surface area (Å²) in [6.45, 7) is 4.15. The Hall–Kier alpha value is -2.08. The Morgan fingerprint density at radius 2 is 1.83 bits per heavy atom. The number of rotatable bonds is 2. The number of methoxy groups -OCH3 is 1. The van der Waals surface area contributed by atoms with Gasteiger partial charge in [-0.25, -0.2) is 15.4 Å². The molecule has 1 rings (SSSR count). The highest BCUT2D eigenvalue weighted by molar-refractivity contribution is 5.98. The zero-order valence-electron chi connectivity index (χ0n) is 10.6. The van der Waals surface area contributed by atoms with Crippen LogP contribution < -0.4 is 11.2 Å². The molecule has 0 saturated carbocycles. The van der Waals surface area contributed by atoms with E-state index in [1.165, 1.54) is 0 Å². The topological polar surface area (TPSA) is 84.7 Å². The van der Waals surface area contributed by atoms with Gasteiger partial charge in [0.1, 0.15) is 0 Å². The van der Waals surface area contributed by atoms with Crippen LogP contribution in [0.15, 0.2) is 24.3 Å². The van der Waals surface area contributed by atoms with E-state index in [1.807, 2.05) is 12.1 Å². The summed E-state index contributed by atoms with van der Waals surface area (Å²) in [5.41, 5.74) is 1.72. The van der Waals surface area contributed by atoms with E-state index in [2.05, 4.69) is 23.9 Å². The average Bonchev–Trinajstić information content (AvgIpc) is 2.37. The van der Waals surface area contributed by atoms with E-state index in [1.54, 1.807) is 12.1 Å². The van der Waals surface area contributed by atoms with Gasteiger partial charge in [-0.2, -0.15) is 5.01 Å². The number of ether oxygens (including phenoxy) is 1. The fourth-order valence-electron chi connectivity index (χ4n) is 1.32. The van der Waals surface area contributed by atoms with Crippen molar-refractivity contribution in [2.24, 2.45) is 5.84 Å². The molecule has 6 nitrogen and oxygen atoms in total. The van der Waals surface area contributed by atoms with Crippen LogP contribution in [0.2, 0.25) is 0 Å². The lowest BCUT2D eigenvalue weighted by Gasteiger charge is -2.14. The first-order valence-corrected chi connectivity index (χ1v) is 5.49. The second-order valence-corrected chi connectivity index (χ2v) is 4.05. The van der Waals surface area contributed by atoms with Crippen LogP contribution in [0.3, 0.4) is 0 Å². The standard InChI is InChI=1S/C12H17N3O3/c1-8(2)9-4-6-10(7-5-9)14-11(16)15(13)12(17)18-3/h4-8H,13H2,1-3H3,(H,14,16). The average molecular weight is 251 g/mol. The number of nitrogens with one attached hydrogen (secondary N) is 1. The molecule has 0 unspecified atom stereocenters. The van der Waals surface area contributed by atoms with Crippen molar-refractivity contribution < 1.29 is 14.3 Å². The maximum atomic E-state index is 11.5. The number of nitrogens with zero attached hydrogens (tertiary/aromatic N) is 1. The molecule has 0 saturated heterocycles. The quantitative estimate of drug-likeness (QED) is 0.479. The SMILES string of the molecule is COC(=O)N(N)C(=O)Nc1ccc(C(C)C)cc1. The van der Waals surface area contributed by atoms with E-state index >= 15 is 0 Å². The first-order chi connectivity index (χ1) is 8.45. The van der Waals surface area contributed by atoms with Crippen molar-refractivity contribution in [1.82, 2.24) is 5.01 Å². The van der Waals surface area contributed by atoms with Gasteiger partial charge >= 0.3 is 12.1 Å². The number of carbonyl (C=O) groups is 2. The molecule has 98 valence electrons. The van der Waals surface area contributed by atoms with E-state index in [4.69, 9.17) is 5.84 Å². The fourth-order valence-corrected chi connectivity index (χ4v) is 1.32. The number of hydrogen-bond acceptors (Lipinski definition) is 4. The van der Waals surface area contributed by atoms with Crippen LogP contribution in [-0.2, 0) is 4.74 Å². The van der Waals surface area contributed by atoms with Gasteiger partial charge in [0.2, 0.25) is 0 Å². The zero-order valence-corrected chi connectivity index (χ0v) is 10.6. The van der Waals surface area contributed by atoms with E-state index in [0.29, 0.717) is 16.6 Å². The van der Waals surface area contributed by atoms with Gasteiger partial charge in [0, 0.05) is 5.69 Å². The minimum Gasteiger partial charge on any atom is -0.451 e. The van der Waals surface area contributed by atoms with Crippen LogP contribution in [0.1, 0.15) is 25.3 Å². The van der Waals surface area contributed by atoms with Crippen LogP contribution >= 0.6 is 0 Å². The fraction of sp³-hybridized carbons (Fsp3) is 0.333. The number of nitrogens with two attached hydrogens (primary N) is 1. The van der Waals surface area contributed by atoms with Crippen molar-refractivity contribution in [2.75, 3.05) is 12.4 Å². The van der Waals surface area contributed by atoms with E-state index in [-0.39, 0.29) is 0 Å². The van der Waals surface area contributed by atoms with E-state index in [9.17, 15) is 9.59 Å². The van der Waals surface area contributed by atoms with Gasteiger partial charge in [-0.3, -0.25) is 0 Å². The highest BCUT2D eigenvalue weighted by atomic mass is 16.5. The van der Waals surface area contributed by atoms with E-state index in [0.717, 1.165) is 12.7 Å². The van der Waals surface area contributed by atoms with Crippen molar-refractivity contribution >= 4 is 17.8 Å². The molecule has 0 spiro atoms.